The van der Waals surface area contributed by atoms with Gasteiger partial charge in [-0.1, -0.05) is 6.07 Å². The van der Waals surface area contributed by atoms with Crippen LogP contribution in [0.3, 0.4) is 0 Å². The lowest BCUT2D eigenvalue weighted by Crippen LogP contribution is -2.19. The molecule has 0 spiro atoms. The topological polar surface area (TPSA) is 58.5 Å². The molecule has 1 aromatic carbocycles. The van der Waals surface area contributed by atoms with E-state index in [9.17, 15) is 9.59 Å². The van der Waals surface area contributed by atoms with Gasteiger partial charge in [-0.2, -0.15) is 4.99 Å². The van der Waals surface area contributed by atoms with Crippen LogP contribution >= 0.6 is 0 Å². The Balaban J connectivity index is 2.59. The maximum absolute atomic E-state index is 11.2. The van der Waals surface area contributed by atoms with Gasteiger partial charge in [0.25, 0.3) is 0 Å². The van der Waals surface area contributed by atoms with Gasteiger partial charge in [0.15, 0.2) is 0 Å². The van der Waals surface area contributed by atoms with Crippen molar-refractivity contribution in [1.29, 1.82) is 0 Å². The van der Waals surface area contributed by atoms with E-state index in [-0.39, 0.29) is 5.91 Å². The highest BCUT2D eigenvalue weighted by molar-refractivity contribution is 5.97. The maximum Gasteiger partial charge on any atom is 0.240 e. The lowest BCUT2D eigenvalue weighted by Gasteiger charge is -2.18. The van der Waals surface area contributed by atoms with Crippen LogP contribution < -0.4 is 5.32 Å². The predicted octanol–water partition coefficient (Wildman–Crippen LogP) is 1.85. The fourth-order valence-electron chi connectivity index (χ4n) is 1.77. The van der Waals surface area contributed by atoms with Gasteiger partial charge in [-0.25, -0.2) is 4.79 Å². The summed E-state index contributed by atoms with van der Waals surface area (Å²) in [6.07, 6.45) is 2.69. The van der Waals surface area contributed by atoms with E-state index in [1.165, 1.54) is 6.08 Å². The van der Waals surface area contributed by atoms with E-state index in [1.807, 2.05) is 13.0 Å². The third-order valence-corrected chi connectivity index (χ3v) is 2.40. The summed E-state index contributed by atoms with van der Waals surface area (Å²) in [5.74, 6) is -0.0336. The summed E-state index contributed by atoms with van der Waals surface area (Å²) in [6.45, 7) is 1.93. The Bertz CT molecular complexity index is 474. The molecule has 0 aromatic heterocycles. The number of hydrogen-bond donors (Lipinski definition) is 1. The normalized spacial score (nSPS) is 13.8. The van der Waals surface area contributed by atoms with Crippen molar-refractivity contribution in [3.8, 4) is 0 Å². The predicted molar refractivity (Wildman–Crippen MR) is 55.9 cm³/mol. The summed E-state index contributed by atoms with van der Waals surface area (Å²) >= 11 is 0. The molecule has 0 bridgehead atoms. The number of rotatable bonds is 1. The molecule has 4 heteroatoms. The van der Waals surface area contributed by atoms with Crippen LogP contribution in [0.5, 0.6) is 0 Å². The van der Waals surface area contributed by atoms with Gasteiger partial charge in [-0.15, -0.1) is 0 Å². The van der Waals surface area contributed by atoms with Crippen LogP contribution in [0.2, 0.25) is 0 Å². The molecule has 4 nitrogen and oxygen atoms in total. The Morgan fingerprint density at radius 1 is 1.40 bits per heavy atom. The Morgan fingerprint density at radius 3 is 2.93 bits per heavy atom. The molecule has 0 radical (unpaired) electrons. The first-order chi connectivity index (χ1) is 7.20. The minimum atomic E-state index is -0.0336. The van der Waals surface area contributed by atoms with Gasteiger partial charge in [-0.05, 0) is 30.5 Å². The SMILES string of the molecule is Cc1cc2c(c(N=C=O)c1)NC(=O)CC2. The number of isocyanates is 1. The molecule has 1 aliphatic heterocycles. The number of amides is 1. The maximum atomic E-state index is 11.2. The number of benzene rings is 1. The quantitative estimate of drug-likeness (QED) is 0.558. The first kappa shape index (κ1) is 9.62. The zero-order valence-corrected chi connectivity index (χ0v) is 8.33. The van der Waals surface area contributed by atoms with Crippen LogP contribution in [0.15, 0.2) is 17.1 Å². The molecule has 0 saturated carbocycles. The van der Waals surface area contributed by atoms with Gasteiger partial charge in [0.05, 0.1) is 5.69 Å². The van der Waals surface area contributed by atoms with Crippen LogP contribution in [0.1, 0.15) is 17.5 Å². The highest BCUT2D eigenvalue weighted by atomic mass is 16.1. The number of aryl methyl sites for hydroxylation is 2. The number of hydrogen-bond acceptors (Lipinski definition) is 3. The van der Waals surface area contributed by atoms with E-state index < -0.39 is 0 Å². The summed E-state index contributed by atoms with van der Waals surface area (Å²) in [4.78, 5) is 25.1. The number of carbonyl (C=O) groups is 1. The highest BCUT2D eigenvalue weighted by Gasteiger charge is 2.18. The number of nitrogens with zero attached hydrogens (tertiary/aromatic N) is 1. The number of nitrogens with one attached hydrogen (secondary N) is 1. The molecule has 1 aromatic rings. The first-order valence-corrected chi connectivity index (χ1v) is 4.72. The van der Waals surface area contributed by atoms with Crippen LogP contribution in [0.25, 0.3) is 0 Å². The standard InChI is InChI=1S/C11H10N2O2/c1-7-4-8-2-3-10(15)13-11(8)9(5-7)12-6-14/h4-5H,2-3H2,1H3,(H,13,15). The van der Waals surface area contributed by atoms with Crippen molar-refractivity contribution in [2.24, 2.45) is 4.99 Å². The smallest absolute Gasteiger partial charge is 0.240 e. The fourth-order valence-corrected chi connectivity index (χ4v) is 1.77. The van der Waals surface area contributed by atoms with Gasteiger partial charge in [-0.3, -0.25) is 4.79 Å². The Hall–Kier alpha value is -1.93. The molecule has 0 unspecified atom stereocenters. The molecule has 1 aliphatic rings. The molecule has 76 valence electrons. The van der Waals surface area contributed by atoms with Crippen LogP contribution in [0.4, 0.5) is 11.4 Å². The van der Waals surface area contributed by atoms with Crippen molar-refractivity contribution in [3.05, 3.63) is 23.3 Å². The van der Waals surface area contributed by atoms with Crippen LogP contribution in [-0.4, -0.2) is 12.0 Å². The summed E-state index contributed by atoms with van der Waals surface area (Å²) in [6, 6.07) is 3.76. The Kier molecular flexibility index (Phi) is 2.35. The molecule has 1 heterocycles. The van der Waals surface area contributed by atoms with Crippen molar-refractivity contribution >= 4 is 23.4 Å². The number of carbonyl (C=O) groups excluding carboxylic acids is 2. The molecule has 0 saturated heterocycles. The lowest BCUT2D eigenvalue weighted by molar-refractivity contribution is -0.116. The van der Waals surface area contributed by atoms with E-state index >= 15 is 0 Å². The van der Waals surface area contributed by atoms with Gasteiger partial charge >= 0.3 is 0 Å². The minimum absolute atomic E-state index is 0.0336. The van der Waals surface area contributed by atoms with E-state index in [2.05, 4.69) is 10.3 Å². The summed E-state index contributed by atoms with van der Waals surface area (Å²) in [5, 5.41) is 2.73. The van der Waals surface area contributed by atoms with Crippen molar-refractivity contribution in [2.75, 3.05) is 5.32 Å². The second-order valence-electron chi connectivity index (χ2n) is 3.57. The molecule has 0 fully saturated rings. The summed E-state index contributed by atoms with van der Waals surface area (Å²) in [7, 11) is 0. The highest BCUT2D eigenvalue weighted by Crippen LogP contribution is 2.33. The van der Waals surface area contributed by atoms with Crippen LogP contribution in [-0.2, 0) is 16.0 Å². The molecular formula is C11H10N2O2. The minimum Gasteiger partial charge on any atom is -0.324 e. The average Bonchev–Trinajstić information content (AvgIpc) is 2.19. The molecule has 0 atom stereocenters. The van der Waals surface area contributed by atoms with Crippen molar-refractivity contribution in [3.63, 3.8) is 0 Å². The zero-order valence-electron chi connectivity index (χ0n) is 8.33. The van der Waals surface area contributed by atoms with Crippen molar-refractivity contribution in [1.82, 2.24) is 0 Å². The number of anilines is 1. The first-order valence-electron chi connectivity index (χ1n) is 4.72. The van der Waals surface area contributed by atoms with E-state index in [1.54, 1.807) is 6.07 Å². The second kappa shape index (κ2) is 3.67. The van der Waals surface area contributed by atoms with E-state index in [0.29, 0.717) is 24.2 Å². The fraction of sp³-hybridized carbons (Fsp3) is 0.273. The van der Waals surface area contributed by atoms with Crippen molar-refractivity contribution < 1.29 is 9.59 Å². The summed E-state index contributed by atoms with van der Waals surface area (Å²) < 4.78 is 0. The molecule has 2 rings (SSSR count). The lowest BCUT2D eigenvalue weighted by atomic mass is 9.99. The molecule has 1 amide bonds. The molecule has 1 N–H and O–H groups in total. The Labute approximate surface area is 87.0 Å². The average molecular weight is 202 g/mol. The Morgan fingerprint density at radius 2 is 2.20 bits per heavy atom. The largest absolute Gasteiger partial charge is 0.324 e. The van der Waals surface area contributed by atoms with Crippen LogP contribution in [0, 0.1) is 6.92 Å². The molecule has 0 aliphatic carbocycles. The van der Waals surface area contributed by atoms with Gasteiger partial charge in [0.1, 0.15) is 5.69 Å². The van der Waals surface area contributed by atoms with E-state index in [0.717, 1.165) is 11.1 Å². The number of aliphatic imine (C=N–C) groups is 1. The monoisotopic (exact) mass is 202 g/mol. The van der Waals surface area contributed by atoms with Gasteiger partial charge in [0, 0.05) is 6.42 Å². The third kappa shape index (κ3) is 1.80. The van der Waals surface area contributed by atoms with Gasteiger partial charge < -0.3 is 5.32 Å². The van der Waals surface area contributed by atoms with Crippen molar-refractivity contribution in [2.45, 2.75) is 19.8 Å². The zero-order chi connectivity index (χ0) is 10.8. The second-order valence-corrected chi connectivity index (χ2v) is 3.57. The number of fused-ring (bicyclic) bond motifs is 1. The van der Waals surface area contributed by atoms with E-state index in [4.69, 9.17) is 0 Å². The van der Waals surface area contributed by atoms with Gasteiger partial charge in [0.2, 0.25) is 12.0 Å². The third-order valence-electron chi connectivity index (χ3n) is 2.40. The summed E-state index contributed by atoms with van der Waals surface area (Å²) in [5.41, 5.74) is 3.20. The molecular weight excluding hydrogens is 192 g/mol. The molecule has 15 heavy (non-hydrogen) atoms.